The molecule has 0 aliphatic rings. The van der Waals surface area contributed by atoms with Crippen molar-refractivity contribution in [1.82, 2.24) is 24.5 Å². The molecule has 0 saturated heterocycles. The number of aromatic nitrogens is 5. The summed E-state index contributed by atoms with van der Waals surface area (Å²) in [5, 5.41) is 2.87. The molecule has 0 aliphatic carbocycles. The predicted molar refractivity (Wildman–Crippen MR) is 148 cm³/mol. The normalized spacial score (nSPS) is 12.2. The maximum Gasteiger partial charge on any atom is 0.432 e. The number of allylic oxidation sites excluding steroid dienone is 1. The van der Waals surface area contributed by atoms with Gasteiger partial charge in [0.15, 0.2) is 18.2 Å². The summed E-state index contributed by atoms with van der Waals surface area (Å²) in [4.78, 5) is 26.1. The van der Waals surface area contributed by atoms with Gasteiger partial charge in [0.05, 0.1) is 22.8 Å². The summed E-state index contributed by atoms with van der Waals surface area (Å²) in [6, 6.07) is 11.2. The Morgan fingerprint density at radius 3 is 2.48 bits per heavy atom. The highest BCUT2D eigenvalue weighted by Gasteiger charge is 2.35. The Hall–Kier alpha value is -5.34. The van der Waals surface area contributed by atoms with E-state index in [0.29, 0.717) is 23.0 Å². The number of aromatic amines is 1. The van der Waals surface area contributed by atoms with E-state index in [1.807, 2.05) is 0 Å². The molecular formula is C29H22F6N6O3. The number of nitrogens with one attached hydrogen (secondary N) is 2. The van der Waals surface area contributed by atoms with E-state index in [-0.39, 0.29) is 28.9 Å². The Bertz CT molecular complexity index is 1860. The molecule has 228 valence electrons. The predicted octanol–water partition coefficient (Wildman–Crippen LogP) is 7.46. The van der Waals surface area contributed by atoms with Crippen LogP contribution in [-0.2, 0) is 24.2 Å². The van der Waals surface area contributed by atoms with Crippen LogP contribution in [0.25, 0.3) is 22.6 Å². The number of ether oxygens (including phenoxy) is 2. The Morgan fingerprint density at radius 1 is 1.00 bits per heavy atom. The fourth-order valence-corrected chi connectivity index (χ4v) is 4.16. The van der Waals surface area contributed by atoms with Crippen LogP contribution >= 0.6 is 0 Å². The fourth-order valence-electron chi connectivity index (χ4n) is 4.16. The standard InChI is InChI=1S/C29H22F6N6O3/c1-3-4-17(42)15-43-24-8-5-16(11-20(24)28(30,31)32)38-27-39-21-12-18(6-7-23(21)41(27)2)44-19-9-10-36-22(13-19)26-37-14-25(40-26)29(33,34)35/h3-14H,15H2,1-2H3,(H,37,40)(H,38,39). The summed E-state index contributed by atoms with van der Waals surface area (Å²) >= 11 is 0. The lowest BCUT2D eigenvalue weighted by atomic mass is 10.1. The average Bonchev–Trinajstić information content (AvgIpc) is 3.58. The second kappa shape index (κ2) is 11.7. The Balaban J connectivity index is 1.36. The van der Waals surface area contributed by atoms with Gasteiger partial charge in [-0.2, -0.15) is 26.3 Å². The molecule has 0 unspecified atom stereocenters. The van der Waals surface area contributed by atoms with Gasteiger partial charge in [0.1, 0.15) is 28.6 Å². The molecule has 0 amide bonds. The maximum atomic E-state index is 13.8. The highest BCUT2D eigenvalue weighted by atomic mass is 19.4. The van der Waals surface area contributed by atoms with E-state index >= 15 is 0 Å². The van der Waals surface area contributed by atoms with Crippen molar-refractivity contribution >= 4 is 28.5 Å². The van der Waals surface area contributed by atoms with Gasteiger partial charge >= 0.3 is 12.4 Å². The summed E-state index contributed by atoms with van der Waals surface area (Å²) in [5.74, 6) is -0.223. The van der Waals surface area contributed by atoms with Crippen molar-refractivity contribution in [2.75, 3.05) is 11.9 Å². The minimum atomic E-state index is -4.75. The van der Waals surface area contributed by atoms with Crippen molar-refractivity contribution < 1.29 is 40.6 Å². The fraction of sp³-hybridized carbons (Fsp3) is 0.172. The number of hydrogen-bond acceptors (Lipinski definition) is 7. The van der Waals surface area contributed by atoms with E-state index in [4.69, 9.17) is 9.47 Å². The minimum Gasteiger partial charge on any atom is -0.485 e. The third kappa shape index (κ3) is 6.66. The third-order valence-electron chi connectivity index (χ3n) is 6.21. The van der Waals surface area contributed by atoms with Crippen molar-refractivity contribution in [2.24, 2.45) is 7.05 Å². The van der Waals surface area contributed by atoms with E-state index in [0.717, 1.165) is 12.1 Å². The number of imidazole rings is 2. The quantitative estimate of drug-likeness (QED) is 0.131. The van der Waals surface area contributed by atoms with Crippen molar-refractivity contribution in [1.29, 1.82) is 0 Å². The second-order valence-electron chi connectivity index (χ2n) is 9.36. The first-order valence-corrected chi connectivity index (χ1v) is 12.8. The van der Waals surface area contributed by atoms with Gasteiger partial charge in [-0.05, 0) is 49.4 Å². The van der Waals surface area contributed by atoms with Crippen LogP contribution in [-0.4, -0.2) is 36.9 Å². The number of fused-ring (bicyclic) bond motifs is 1. The monoisotopic (exact) mass is 616 g/mol. The molecule has 0 aliphatic heterocycles. The van der Waals surface area contributed by atoms with Crippen LogP contribution in [0.5, 0.6) is 17.2 Å². The van der Waals surface area contributed by atoms with Crippen molar-refractivity contribution in [3.8, 4) is 28.8 Å². The lowest BCUT2D eigenvalue weighted by Crippen LogP contribution is -2.13. The van der Waals surface area contributed by atoms with Gasteiger partial charge in [0.2, 0.25) is 5.95 Å². The number of anilines is 2. The van der Waals surface area contributed by atoms with Gasteiger partial charge in [-0.3, -0.25) is 9.78 Å². The van der Waals surface area contributed by atoms with Crippen LogP contribution in [0.4, 0.5) is 38.0 Å². The maximum absolute atomic E-state index is 13.8. The van der Waals surface area contributed by atoms with Gasteiger partial charge in [-0.1, -0.05) is 6.08 Å². The molecule has 2 aromatic carbocycles. The molecule has 9 nitrogen and oxygen atoms in total. The van der Waals surface area contributed by atoms with Crippen LogP contribution in [0.3, 0.4) is 0 Å². The van der Waals surface area contributed by atoms with E-state index in [1.54, 1.807) is 36.7 Å². The minimum absolute atomic E-state index is 0.0789. The number of alkyl halides is 6. The number of carbonyl (C=O) groups is 1. The number of benzene rings is 2. The van der Waals surface area contributed by atoms with E-state index < -0.39 is 41.7 Å². The number of ketones is 1. The van der Waals surface area contributed by atoms with Gasteiger partial charge in [-0.15, -0.1) is 0 Å². The number of nitrogens with zero attached hydrogens (tertiary/aromatic N) is 4. The molecule has 15 heteroatoms. The topological polar surface area (TPSA) is 107 Å². The Kier molecular flexibility index (Phi) is 8.04. The summed E-state index contributed by atoms with van der Waals surface area (Å²) in [6.45, 7) is 1.06. The molecule has 3 heterocycles. The van der Waals surface area contributed by atoms with Gasteiger partial charge < -0.3 is 24.3 Å². The number of hydrogen-bond donors (Lipinski definition) is 2. The molecule has 0 saturated carbocycles. The van der Waals surface area contributed by atoms with E-state index in [1.165, 1.54) is 36.5 Å². The molecule has 0 radical (unpaired) electrons. The number of rotatable bonds is 9. The van der Waals surface area contributed by atoms with E-state index in [9.17, 15) is 31.1 Å². The Labute approximate surface area is 245 Å². The van der Waals surface area contributed by atoms with Crippen molar-refractivity contribution in [3.63, 3.8) is 0 Å². The average molecular weight is 617 g/mol. The first-order chi connectivity index (χ1) is 20.8. The largest absolute Gasteiger partial charge is 0.485 e. The number of pyridine rings is 1. The zero-order valence-electron chi connectivity index (χ0n) is 22.9. The first-order valence-electron chi connectivity index (χ1n) is 12.8. The molecule has 44 heavy (non-hydrogen) atoms. The first kappa shape index (κ1) is 30.1. The SMILES string of the molecule is CC=CC(=O)COc1ccc(Nc2nc3cc(Oc4ccnc(-c5ncc(C(F)(F)F)[nH]5)c4)ccc3n2C)cc1C(F)(F)F. The molecule has 0 fully saturated rings. The molecule has 0 spiro atoms. The highest BCUT2D eigenvalue weighted by Crippen LogP contribution is 2.39. The van der Waals surface area contributed by atoms with Gasteiger partial charge in [-0.25, -0.2) is 9.97 Å². The molecule has 5 aromatic rings. The summed E-state index contributed by atoms with van der Waals surface area (Å²) in [7, 11) is 1.67. The molecule has 2 N–H and O–H groups in total. The summed E-state index contributed by atoms with van der Waals surface area (Å²) in [6.07, 6.45) is -4.64. The van der Waals surface area contributed by atoms with Crippen molar-refractivity contribution in [2.45, 2.75) is 19.3 Å². The Morgan fingerprint density at radius 2 is 1.77 bits per heavy atom. The summed E-state index contributed by atoms with van der Waals surface area (Å²) < 4.78 is 92.8. The zero-order valence-corrected chi connectivity index (χ0v) is 22.9. The van der Waals surface area contributed by atoms with Crippen LogP contribution < -0.4 is 14.8 Å². The number of halogens is 6. The molecule has 0 bridgehead atoms. The zero-order chi connectivity index (χ0) is 31.6. The van der Waals surface area contributed by atoms with Crippen molar-refractivity contribution in [3.05, 3.63) is 84.3 Å². The number of aryl methyl sites for hydroxylation is 1. The van der Waals surface area contributed by atoms with Crippen LogP contribution in [0.15, 0.2) is 73.1 Å². The lowest BCUT2D eigenvalue weighted by Gasteiger charge is -2.15. The van der Waals surface area contributed by atoms with Gasteiger partial charge in [0.25, 0.3) is 0 Å². The number of carbonyl (C=O) groups excluding carboxylic acids is 1. The van der Waals surface area contributed by atoms with Crippen LogP contribution in [0.1, 0.15) is 18.2 Å². The molecular weight excluding hydrogens is 594 g/mol. The van der Waals surface area contributed by atoms with Crippen LogP contribution in [0.2, 0.25) is 0 Å². The van der Waals surface area contributed by atoms with E-state index in [2.05, 4.69) is 25.3 Å². The number of H-pyrrole nitrogens is 1. The molecule has 3 aromatic heterocycles. The smallest absolute Gasteiger partial charge is 0.432 e. The second-order valence-corrected chi connectivity index (χ2v) is 9.36. The molecule has 0 atom stereocenters. The molecule has 5 rings (SSSR count). The highest BCUT2D eigenvalue weighted by molar-refractivity contribution is 5.90. The third-order valence-corrected chi connectivity index (χ3v) is 6.21. The van der Waals surface area contributed by atoms with Gasteiger partial charge in [0, 0.05) is 31.1 Å². The lowest BCUT2D eigenvalue weighted by molar-refractivity contribution is -0.141. The van der Waals surface area contributed by atoms with Crippen LogP contribution in [0, 0.1) is 0 Å². The summed E-state index contributed by atoms with van der Waals surface area (Å²) in [5.41, 5.74) is -0.796.